The molecule has 2 rings (SSSR count). The lowest BCUT2D eigenvalue weighted by atomic mass is 10.1. The van der Waals surface area contributed by atoms with Gasteiger partial charge in [-0.05, 0) is 18.1 Å². The third-order valence-electron chi connectivity index (χ3n) is 3.49. The Morgan fingerprint density at radius 3 is 2.00 bits per heavy atom. The molecule has 120 valence electrons. The average Bonchev–Trinajstić information content (AvgIpc) is 2.60. The zero-order valence-electron chi connectivity index (χ0n) is 12.9. The van der Waals surface area contributed by atoms with E-state index in [2.05, 4.69) is 10.6 Å². The van der Waals surface area contributed by atoms with Crippen LogP contribution in [0.5, 0.6) is 0 Å². The number of carbonyl (C=O) groups is 2. The Morgan fingerprint density at radius 1 is 0.913 bits per heavy atom. The second kappa shape index (κ2) is 8.10. The Bertz CT molecular complexity index is 644. The first-order chi connectivity index (χ1) is 11.1. The van der Waals surface area contributed by atoms with E-state index in [1.165, 1.54) is 0 Å². The maximum Gasteiger partial charge on any atom is 0.309 e. The number of aliphatic hydroxyl groups excluding tert-OH is 1. The minimum absolute atomic E-state index is 0.0179. The number of hydrogen-bond acceptors (Lipinski definition) is 3. The molecule has 0 saturated carbocycles. The second-order valence-electron chi connectivity index (χ2n) is 5.24. The van der Waals surface area contributed by atoms with E-state index in [1.807, 2.05) is 36.4 Å². The molecule has 2 atom stereocenters. The molecule has 2 amide bonds. The van der Waals surface area contributed by atoms with Crippen LogP contribution in [-0.2, 0) is 9.59 Å². The predicted molar refractivity (Wildman–Crippen MR) is 87.4 cm³/mol. The van der Waals surface area contributed by atoms with Crippen molar-refractivity contribution in [1.29, 1.82) is 0 Å². The summed E-state index contributed by atoms with van der Waals surface area (Å²) in [6.45, 7) is 1.79. The van der Waals surface area contributed by atoms with Crippen LogP contribution < -0.4 is 10.6 Å². The molecule has 0 aliphatic rings. The summed E-state index contributed by atoms with van der Waals surface area (Å²) in [7, 11) is 0. The predicted octanol–water partition coefficient (Wildman–Crippen LogP) is 1.71. The van der Waals surface area contributed by atoms with E-state index in [9.17, 15) is 14.7 Å². The van der Waals surface area contributed by atoms with Crippen LogP contribution in [0, 0.1) is 0 Å². The van der Waals surface area contributed by atoms with E-state index < -0.39 is 17.9 Å². The van der Waals surface area contributed by atoms with E-state index >= 15 is 0 Å². The second-order valence-corrected chi connectivity index (χ2v) is 5.24. The fourth-order valence-corrected chi connectivity index (χ4v) is 2.15. The molecule has 0 aliphatic heterocycles. The van der Waals surface area contributed by atoms with Crippen molar-refractivity contribution < 1.29 is 14.7 Å². The van der Waals surface area contributed by atoms with Gasteiger partial charge < -0.3 is 15.7 Å². The SMILES string of the molecule is C[C@@H](NC(=O)C(=O)NC[C@@H](O)c1ccccc1)c1ccccc1. The van der Waals surface area contributed by atoms with Gasteiger partial charge in [0.15, 0.2) is 0 Å². The highest BCUT2D eigenvalue weighted by Crippen LogP contribution is 2.11. The molecule has 5 heteroatoms. The van der Waals surface area contributed by atoms with Gasteiger partial charge in [0, 0.05) is 6.54 Å². The molecule has 2 aromatic carbocycles. The van der Waals surface area contributed by atoms with Crippen LogP contribution in [0.25, 0.3) is 0 Å². The lowest BCUT2D eigenvalue weighted by Gasteiger charge is -2.15. The number of hydrogen-bond donors (Lipinski definition) is 3. The molecule has 0 saturated heterocycles. The lowest BCUT2D eigenvalue weighted by molar-refractivity contribution is -0.139. The van der Waals surface area contributed by atoms with Crippen molar-refractivity contribution in [3.05, 3.63) is 71.8 Å². The fourth-order valence-electron chi connectivity index (χ4n) is 2.15. The van der Waals surface area contributed by atoms with Crippen molar-refractivity contribution >= 4 is 11.8 Å². The maximum absolute atomic E-state index is 11.9. The van der Waals surface area contributed by atoms with Gasteiger partial charge in [-0.25, -0.2) is 0 Å². The molecule has 5 nitrogen and oxygen atoms in total. The van der Waals surface area contributed by atoms with Gasteiger partial charge in [0.05, 0.1) is 12.1 Å². The minimum atomic E-state index is -0.848. The van der Waals surface area contributed by atoms with Crippen LogP contribution >= 0.6 is 0 Å². The molecule has 0 aliphatic carbocycles. The number of rotatable bonds is 5. The zero-order valence-corrected chi connectivity index (χ0v) is 12.9. The van der Waals surface area contributed by atoms with E-state index in [4.69, 9.17) is 0 Å². The summed E-state index contributed by atoms with van der Waals surface area (Å²) < 4.78 is 0. The molecule has 0 bridgehead atoms. The third-order valence-corrected chi connectivity index (χ3v) is 3.49. The summed E-state index contributed by atoms with van der Waals surface area (Å²) in [6.07, 6.45) is -0.848. The van der Waals surface area contributed by atoms with E-state index in [1.54, 1.807) is 31.2 Å². The van der Waals surface area contributed by atoms with Gasteiger partial charge in [-0.15, -0.1) is 0 Å². The molecule has 2 aromatic rings. The lowest BCUT2D eigenvalue weighted by Crippen LogP contribution is -2.42. The topological polar surface area (TPSA) is 78.4 Å². The van der Waals surface area contributed by atoms with E-state index in [0.29, 0.717) is 5.56 Å². The Balaban J connectivity index is 1.82. The van der Waals surface area contributed by atoms with Gasteiger partial charge >= 0.3 is 11.8 Å². The monoisotopic (exact) mass is 312 g/mol. The standard InChI is InChI=1S/C18H20N2O3/c1-13(14-8-4-2-5-9-14)20-18(23)17(22)19-12-16(21)15-10-6-3-7-11-15/h2-11,13,16,21H,12H2,1H3,(H,19,22)(H,20,23)/t13-,16-/m1/s1. The largest absolute Gasteiger partial charge is 0.387 e. The normalized spacial score (nSPS) is 13.0. The Hall–Kier alpha value is -2.66. The van der Waals surface area contributed by atoms with Gasteiger partial charge in [0.2, 0.25) is 0 Å². The summed E-state index contributed by atoms with van der Waals surface area (Å²) >= 11 is 0. The van der Waals surface area contributed by atoms with E-state index in [-0.39, 0.29) is 12.6 Å². The Morgan fingerprint density at radius 2 is 1.43 bits per heavy atom. The van der Waals surface area contributed by atoms with Crippen molar-refractivity contribution in [1.82, 2.24) is 10.6 Å². The highest BCUT2D eigenvalue weighted by molar-refractivity contribution is 6.35. The molecule has 0 unspecified atom stereocenters. The molecular formula is C18H20N2O3. The molecule has 0 aromatic heterocycles. The van der Waals surface area contributed by atoms with Crippen molar-refractivity contribution in [2.24, 2.45) is 0 Å². The Labute approximate surface area is 135 Å². The molecule has 0 radical (unpaired) electrons. The number of amides is 2. The smallest absolute Gasteiger partial charge is 0.309 e. The van der Waals surface area contributed by atoms with Gasteiger partial charge in [0.25, 0.3) is 0 Å². The first-order valence-electron chi connectivity index (χ1n) is 7.44. The quantitative estimate of drug-likeness (QED) is 0.736. The van der Waals surface area contributed by atoms with Gasteiger partial charge in [-0.1, -0.05) is 60.7 Å². The summed E-state index contributed by atoms with van der Waals surface area (Å²) in [6, 6.07) is 18.1. The van der Waals surface area contributed by atoms with E-state index in [0.717, 1.165) is 5.56 Å². The van der Waals surface area contributed by atoms with Gasteiger partial charge in [0.1, 0.15) is 0 Å². The first-order valence-corrected chi connectivity index (χ1v) is 7.44. The number of carbonyl (C=O) groups excluding carboxylic acids is 2. The number of nitrogens with one attached hydrogen (secondary N) is 2. The summed E-state index contributed by atoms with van der Waals surface area (Å²) in [4.78, 5) is 23.7. The average molecular weight is 312 g/mol. The molecule has 0 fully saturated rings. The van der Waals surface area contributed by atoms with Crippen LogP contribution in [-0.4, -0.2) is 23.5 Å². The van der Waals surface area contributed by atoms with Crippen molar-refractivity contribution in [2.45, 2.75) is 19.1 Å². The first kappa shape index (κ1) is 16.7. The zero-order chi connectivity index (χ0) is 16.7. The van der Waals surface area contributed by atoms with Crippen LogP contribution in [0.2, 0.25) is 0 Å². The number of benzene rings is 2. The molecular weight excluding hydrogens is 292 g/mol. The van der Waals surface area contributed by atoms with Crippen LogP contribution in [0.15, 0.2) is 60.7 Å². The van der Waals surface area contributed by atoms with Crippen molar-refractivity contribution in [2.75, 3.05) is 6.54 Å². The maximum atomic E-state index is 11.9. The minimum Gasteiger partial charge on any atom is -0.387 e. The summed E-state index contributed by atoms with van der Waals surface area (Å²) in [5.74, 6) is -1.48. The molecule has 0 heterocycles. The molecule has 23 heavy (non-hydrogen) atoms. The van der Waals surface area contributed by atoms with Gasteiger partial charge in [-0.2, -0.15) is 0 Å². The third kappa shape index (κ3) is 4.93. The highest BCUT2D eigenvalue weighted by Gasteiger charge is 2.18. The fraction of sp³-hybridized carbons (Fsp3) is 0.222. The van der Waals surface area contributed by atoms with Crippen molar-refractivity contribution in [3.8, 4) is 0 Å². The van der Waals surface area contributed by atoms with Crippen LogP contribution in [0.3, 0.4) is 0 Å². The summed E-state index contributed by atoms with van der Waals surface area (Å²) in [5, 5.41) is 15.0. The Kier molecular flexibility index (Phi) is 5.88. The van der Waals surface area contributed by atoms with Crippen LogP contribution in [0.4, 0.5) is 0 Å². The molecule has 3 N–H and O–H groups in total. The highest BCUT2D eigenvalue weighted by atomic mass is 16.3. The number of aliphatic hydroxyl groups is 1. The van der Waals surface area contributed by atoms with Gasteiger partial charge in [-0.3, -0.25) is 9.59 Å². The van der Waals surface area contributed by atoms with Crippen LogP contribution in [0.1, 0.15) is 30.2 Å². The summed E-state index contributed by atoms with van der Waals surface area (Å²) in [5.41, 5.74) is 1.60. The molecule has 0 spiro atoms. The van der Waals surface area contributed by atoms with Crippen molar-refractivity contribution in [3.63, 3.8) is 0 Å².